The van der Waals surface area contributed by atoms with Crippen molar-refractivity contribution in [3.8, 4) is 0 Å². The fraction of sp³-hybridized carbons (Fsp3) is 0.944. The highest BCUT2D eigenvalue weighted by Crippen LogP contribution is 2.26. The van der Waals surface area contributed by atoms with Crippen LogP contribution in [0.4, 0.5) is 0 Å². The molecule has 0 aromatic rings. The number of aliphatic carboxylic acids is 1. The predicted molar refractivity (Wildman–Crippen MR) is 105 cm³/mol. The Morgan fingerprint density at radius 3 is 1.75 bits per heavy atom. The molecule has 2 fully saturated rings. The zero-order valence-corrected chi connectivity index (χ0v) is 18.5. The van der Waals surface area contributed by atoms with Crippen molar-refractivity contribution in [1.82, 2.24) is 0 Å². The molecule has 2 aliphatic rings. The van der Waals surface area contributed by atoms with E-state index in [2.05, 4.69) is 0 Å². The number of rotatable bonds is 11. The number of hydrogen-bond donors (Lipinski definition) is 13. The number of aliphatic hydroxyl groups excluding tert-OH is 10. The number of carboxylic acids is 1. The molecular weight excluding hydrogens is 504 g/mol. The van der Waals surface area contributed by atoms with Crippen molar-refractivity contribution in [3.63, 3.8) is 0 Å². The van der Waals surface area contributed by atoms with E-state index in [1.165, 1.54) is 0 Å². The normalized spacial score (nSPS) is 40.4. The van der Waals surface area contributed by atoms with E-state index in [0.29, 0.717) is 0 Å². The summed E-state index contributed by atoms with van der Waals surface area (Å²) in [5, 5.41) is 126. The quantitative estimate of drug-likeness (QED) is 0.109. The van der Waals surface area contributed by atoms with Gasteiger partial charge in [-0.3, -0.25) is 0 Å². The molecule has 18 nitrogen and oxygen atoms in total. The van der Waals surface area contributed by atoms with Crippen molar-refractivity contribution in [2.45, 2.75) is 85.5 Å². The summed E-state index contributed by atoms with van der Waals surface area (Å²) in [5.74, 6) is -6.15. The highest BCUT2D eigenvalue weighted by Gasteiger charge is 2.49. The molecule has 212 valence electrons. The molecule has 0 radical (unpaired) electrons. The molecule has 0 aromatic heterocycles. The first-order chi connectivity index (χ1) is 16.6. The summed E-state index contributed by atoms with van der Waals surface area (Å²) in [4.78, 5) is 10.7. The SMILES string of the molecule is O=C(O)C(O)(O)[C@@H](O)[C@H](O)[C@H](O)CO[C@H]1O[C@H](CO[C@H]2O[C@H](CO)[C@@H](O)[C@H](O)[C@H]2O)[C@@H](O)[C@H](O)[C@H]1O. The molecule has 36 heavy (non-hydrogen) atoms. The molecular formula is C18H32O18. The third-order valence-electron chi connectivity index (χ3n) is 5.82. The monoisotopic (exact) mass is 536 g/mol. The Hall–Kier alpha value is -1.17. The maximum Gasteiger partial charge on any atom is 0.367 e. The van der Waals surface area contributed by atoms with Gasteiger partial charge in [-0.1, -0.05) is 0 Å². The van der Waals surface area contributed by atoms with Crippen LogP contribution in [-0.4, -0.2) is 178 Å². The molecule has 0 aromatic carbocycles. The number of hydrogen-bond acceptors (Lipinski definition) is 17. The standard InChI is InChI=1S/C18H32O18/c19-1-5-8(22)10(24)12(26)16(35-5)34-3-6-9(23)11(25)13(27)15(36-6)33-2-4(20)7(21)14(28)18(31,32)17(29)30/h4-16,19-28,31-32H,1-3H2,(H,29,30)/t4-,5-,6-,7-,8-,9-,10+,11+,12-,13-,14+,15+,16+/m1/s1. The fourth-order valence-corrected chi connectivity index (χ4v) is 3.45. The van der Waals surface area contributed by atoms with Crippen molar-refractivity contribution in [2.24, 2.45) is 0 Å². The van der Waals surface area contributed by atoms with Gasteiger partial charge in [0.25, 0.3) is 5.79 Å². The Morgan fingerprint density at radius 2 is 1.25 bits per heavy atom. The molecule has 0 amide bonds. The summed E-state index contributed by atoms with van der Waals surface area (Å²) in [7, 11) is 0. The van der Waals surface area contributed by atoms with E-state index in [0.717, 1.165) is 0 Å². The third kappa shape index (κ3) is 6.63. The van der Waals surface area contributed by atoms with Gasteiger partial charge in [0.1, 0.15) is 67.1 Å². The van der Waals surface area contributed by atoms with Crippen LogP contribution in [0.1, 0.15) is 0 Å². The first-order valence-corrected chi connectivity index (χ1v) is 10.6. The number of ether oxygens (including phenoxy) is 4. The van der Waals surface area contributed by atoms with E-state index < -0.39 is 111 Å². The maximum absolute atomic E-state index is 10.7. The molecule has 2 rings (SSSR count). The summed E-state index contributed by atoms with van der Waals surface area (Å²) >= 11 is 0. The van der Waals surface area contributed by atoms with Crippen LogP contribution in [-0.2, 0) is 23.7 Å². The molecule has 0 spiro atoms. The van der Waals surface area contributed by atoms with E-state index >= 15 is 0 Å². The zero-order chi connectivity index (χ0) is 27.5. The van der Waals surface area contributed by atoms with Crippen molar-refractivity contribution in [1.29, 1.82) is 0 Å². The average Bonchev–Trinajstić information content (AvgIpc) is 2.84. The molecule has 0 saturated carbocycles. The van der Waals surface area contributed by atoms with Crippen LogP contribution < -0.4 is 0 Å². The molecule has 0 aliphatic carbocycles. The predicted octanol–water partition coefficient (Wildman–Crippen LogP) is -8.52. The number of carbonyl (C=O) groups is 1. The topological polar surface area (TPSA) is 317 Å². The van der Waals surface area contributed by atoms with Crippen molar-refractivity contribution in [2.75, 3.05) is 19.8 Å². The van der Waals surface area contributed by atoms with Gasteiger partial charge in [-0.2, -0.15) is 0 Å². The van der Waals surface area contributed by atoms with Gasteiger partial charge in [-0.05, 0) is 0 Å². The first kappa shape index (κ1) is 31.1. The molecule has 13 N–H and O–H groups in total. The van der Waals surface area contributed by atoms with Gasteiger partial charge in [0.15, 0.2) is 12.6 Å². The summed E-state index contributed by atoms with van der Waals surface area (Å²) in [6.07, 6.45) is -24.5. The summed E-state index contributed by atoms with van der Waals surface area (Å²) < 4.78 is 20.6. The Balaban J connectivity index is 1.98. The Kier molecular flexibility index (Phi) is 10.9. The van der Waals surface area contributed by atoms with Gasteiger partial charge in [0, 0.05) is 0 Å². The van der Waals surface area contributed by atoms with Gasteiger partial charge < -0.3 is 85.3 Å². The second kappa shape index (κ2) is 12.6. The molecule has 18 heteroatoms. The summed E-state index contributed by atoms with van der Waals surface area (Å²) in [6.45, 7) is -2.43. The molecule has 0 unspecified atom stereocenters. The van der Waals surface area contributed by atoms with Crippen LogP contribution in [0, 0.1) is 0 Å². The second-order valence-electron chi connectivity index (χ2n) is 8.41. The maximum atomic E-state index is 10.7. The highest BCUT2D eigenvalue weighted by molar-refractivity contribution is 5.75. The van der Waals surface area contributed by atoms with Gasteiger partial charge in [0.05, 0.1) is 19.8 Å². The van der Waals surface area contributed by atoms with E-state index in [9.17, 15) is 66.1 Å². The molecule has 0 bridgehead atoms. The molecule has 13 atom stereocenters. The van der Waals surface area contributed by atoms with Crippen molar-refractivity contribution in [3.05, 3.63) is 0 Å². The lowest BCUT2D eigenvalue weighted by molar-refractivity contribution is -0.333. The van der Waals surface area contributed by atoms with Crippen molar-refractivity contribution < 1.29 is 90.1 Å². The van der Waals surface area contributed by atoms with Gasteiger partial charge in [-0.15, -0.1) is 0 Å². The molecule has 2 aliphatic heterocycles. The zero-order valence-electron chi connectivity index (χ0n) is 18.5. The lowest BCUT2D eigenvalue weighted by Gasteiger charge is -2.42. The molecule has 2 saturated heterocycles. The highest BCUT2D eigenvalue weighted by atomic mass is 16.7. The third-order valence-corrected chi connectivity index (χ3v) is 5.82. The number of aliphatic hydroxyl groups is 12. The summed E-state index contributed by atoms with van der Waals surface area (Å²) in [6, 6.07) is 0. The number of carboxylic acid groups (broad SMARTS) is 1. The minimum atomic E-state index is -3.83. The van der Waals surface area contributed by atoms with Crippen molar-refractivity contribution >= 4 is 5.97 Å². The minimum Gasteiger partial charge on any atom is -0.477 e. The van der Waals surface area contributed by atoms with Crippen LogP contribution in [0.2, 0.25) is 0 Å². The van der Waals surface area contributed by atoms with Crippen LogP contribution in [0.5, 0.6) is 0 Å². The fourth-order valence-electron chi connectivity index (χ4n) is 3.45. The Labute approximate surface area is 202 Å². The van der Waals surface area contributed by atoms with E-state index in [-0.39, 0.29) is 0 Å². The lowest BCUT2D eigenvalue weighted by atomic mass is 9.98. The molecule has 2 heterocycles. The largest absolute Gasteiger partial charge is 0.477 e. The van der Waals surface area contributed by atoms with Crippen LogP contribution in [0.3, 0.4) is 0 Å². The van der Waals surface area contributed by atoms with E-state index in [1.54, 1.807) is 0 Å². The second-order valence-corrected chi connectivity index (χ2v) is 8.41. The van der Waals surface area contributed by atoms with Gasteiger partial charge >= 0.3 is 5.97 Å². The van der Waals surface area contributed by atoms with Gasteiger partial charge in [0.2, 0.25) is 0 Å². The summed E-state index contributed by atoms with van der Waals surface area (Å²) in [5.41, 5.74) is 0. The smallest absolute Gasteiger partial charge is 0.367 e. The Morgan fingerprint density at radius 1 is 0.778 bits per heavy atom. The van der Waals surface area contributed by atoms with Crippen LogP contribution in [0.25, 0.3) is 0 Å². The average molecular weight is 536 g/mol. The van der Waals surface area contributed by atoms with Crippen LogP contribution in [0.15, 0.2) is 0 Å². The first-order valence-electron chi connectivity index (χ1n) is 10.6. The van der Waals surface area contributed by atoms with E-state index in [4.69, 9.17) is 24.1 Å². The van der Waals surface area contributed by atoms with E-state index in [1.807, 2.05) is 0 Å². The van der Waals surface area contributed by atoms with Gasteiger partial charge in [-0.25, -0.2) is 4.79 Å². The van der Waals surface area contributed by atoms with Crippen LogP contribution >= 0.6 is 0 Å². The lowest BCUT2D eigenvalue weighted by Crippen LogP contribution is -2.62. The minimum absolute atomic E-state index is 0.673. The Bertz CT molecular complexity index is 706.